The average Bonchev–Trinajstić information content (AvgIpc) is 3.41. The van der Waals surface area contributed by atoms with Crippen molar-refractivity contribution in [3.8, 4) is 28.3 Å². The number of fused-ring (bicyclic) bond motifs is 1. The van der Waals surface area contributed by atoms with Crippen LogP contribution in [0.2, 0.25) is 5.02 Å². The minimum atomic E-state index is 0.410. The first-order valence-corrected chi connectivity index (χ1v) is 14.1. The predicted octanol–water partition coefficient (Wildman–Crippen LogP) is 4.89. The fourth-order valence-electron chi connectivity index (χ4n) is 5.32. The van der Waals surface area contributed by atoms with Gasteiger partial charge in [-0.05, 0) is 48.0 Å². The van der Waals surface area contributed by atoms with Gasteiger partial charge in [-0.25, -0.2) is 29.9 Å². The molecule has 0 amide bonds. The second-order valence-electron chi connectivity index (χ2n) is 10.1. The van der Waals surface area contributed by atoms with Gasteiger partial charge in [-0.2, -0.15) is 0 Å². The zero-order chi connectivity index (χ0) is 28.5. The van der Waals surface area contributed by atoms with E-state index in [2.05, 4.69) is 54.0 Å². The van der Waals surface area contributed by atoms with Crippen molar-refractivity contribution in [2.75, 3.05) is 36.8 Å². The van der Waals surface area contributed by atoms with Crippen LogP contribution in [0.25, 0.3) is 39.5 Å². The van der Waals surface area contributed by atoms with E-state index in [1.807, 2.05) is 53.1 Å². The molecular formula is C31H27ClN10. The molecule has 0 spiro atoms. The fourth-order valence-corrected chi connectivity index (χ4v) is 5.55. The zero-order valence-electron chi connectivity index (χ0n) is 22.7. The Morgan fingerprint density at radius 3 is 2.29 bits per heavy atom. The molecule has 208 valence electrons. The van der Waals surface area contributed by atoms with Crippen LogP contribution in [0, 0.1) is 0 Å². The monoisotopic (exact) mass is 574 g/mol. The lowest BCUT2D eigenvalue weighted by Crippen LogP contribution is -2.46. The predicted molar refractivity (Wildman–Crippen MR) is 164 cm³/mol. The Bertz CT molecular complexity index is 1850. The van der Waals surface area contributed by atoms with Crippen LogP contribution in [0.4, 0.5) is 11.8 Å². The topological polar surface area (TPSA) is 115 Å². The quantitative estimate of drug-likeness (QED) is 0.297. The van der Waals surface area contributed by atoms with Gasteiger partial charge in [0.25, 0.3) is 0 Å². The number of hydrogen-bond acceptors (Lipinski definition) is 9. The summed E-state index contributed by atoms with van der Waals surface area (Å²) in [6.07, 6.45) is 4.76. The number of hydrogen-bond donors (Lipinski definition) is 1. The Morgan fingerprint density at radius 2 is 1.52 bits per heavy atom. The van der Waals surface area contributed by atoms with Gasteiger partial charge in [0.1, 0.15) is 24.0 Å². The van der Waals surface area contributed by atoms with Crippen molar-refractivity contribution < 1.29 is 0 Å². The van der Waals surface area contributed by atoms with E-state index in [0.29, 0.717) is 22.3 Å². The SMILES string of the molecule is Nc1ncccc1-c1nc2ccc(-c3ccccc3Cl)nc2n1-c1ccc(CN2CCN(c3ncncn3)CC2)cc1. The highest BCUT2D eigenvalue weighted by atomic mass is 35.5. The van der Waals surface area contributed by atoms with Crippen molar-refractivity contribution in [1.82, 2.24) is 39.4 Å². The summed E-state index contributed by atoms with van der Waals surface area (Å²) in [4.78, 5) is 31.4. The number of nitrogens with zero attached hydrogens (tertiary/aromatic N) is 9. The number of aromatic nitrogens is 7. The number of rotatable bonds is 6. The molecule has 1 aliphatic heterocycles. The van der Waals surface area contributed by atoms with Crippen LogP contribution >= 0.6 is 11.6 Å². The van der Waals surface area contributed by atoms with Crippen LogP contribution in [0.1, 0.15) is 5.56 Å². The lowest BCUT2D eigenvalue weighted by molar-refractivity contribution is 0.248. The normalized spacial score (nSPS) is 14.0. The fraction of sp³-hybridized carbons (Fsp3) is 0.161. The van der Waals surface area contributed by atoms with Gasteiger partial charge < -0.3 is 10.6 Å². The van der Waals surface area contributed by atoms with Crippen molar-refractivity contribution in [2.24, 2.45) is 0 Å². The standard InChI is InChI=1S/C31H27ClN10/c32-25-6-2-1-4-23(25)26-11-12-27-30(38-26)42(29(39-27)24-5-3-13-35-28(24)33)22-9-7-21(8-10-22)18-40-14-16-41(17-15-40)31-36-19-34-20-37-31/h1-13,19-20H,14-18H2,(H2,33,35). The molecule has 0 radical (unpaired) electrons. The van der Waals surface area contributed by atoms with Crippen LogP contribution in [-0.4, -0.2) is 65.5 Å². The van der Waals surface area contributed by atoms with Crippen molar-refractivity contribution in [3.05, 3.63) is 102 Å². The van der Waals surface area contributed by atoms with Crippen LogP contribution in [0.3, 0.4) is 0 Å². The molecule has 11 heteroatoms. The Labute approximate surface area is 247 Å². The smallest absolute Gasteiger partial charge is 0.228 e. The maximum Gasteiger partial charge on any atom is 0.228 e. The third-order valence-corrected chi connectivity index (χ3v) is 7.80. The van der Waals surface area contributed by atoms with E-state index < -0.39 is 0 Å². The Kier molecular flexibility index (Phi) is 6.90. The summed E-state index contributed by atoms with van der Waals surface area (Å²) in [6, 6.07) is 24.0. The van der Waals surface area contributed by atoms with Crippen molar-refractivity contribution in [2.45, 2.75) is 6.54 Å². The minimum absolute atomic E-state index is 0.410. The van der Waals surface area contributed by atoms with Crippen molar-refractivity contribution in [3.63, 3.8) is 0 Å². The molecule has 42 heavy (non-hydrogen) atoms. The number of halogens is 1. The van der Waals surface area contributed by atoms with Crippen molar-refractivity contribution >= 4 is 34.5 Å². The van der Waals surface area contributed by atoms with Gasteiger partial charge in [0.05, 0.1) is 11.3 Å². The first-order valence-electron chi connectivity index (χ1n) is 13.7. The van der Waals surface area contributed by atoms with Crippen molar-refractivity contribution in [1.29, 1.82) is 0 Å². The molecule has 0 saturated carbocycles. The summed E-state index contributed by atoms with van der Waals surface area (Å²) in [5, 5.41) is 0.644. The molecule has 1 fully saturated rings. The van der Waals surface area contributed by atoms with Crippen LogP contribution in [0.15, 0.2) is 91.6 Å². The molecule has 0 aliphatic carbocycles. The number of piperazine rings is 1. The summed E-state index contributed by atoms with van der Waals surface area (Å²) < 4.78 is 2.04. The van der Waals surface area contributed by atoms with Gasteiger partial charge in [-0.1, -0.05) is 41.9 Å². The number of anilines is 2. The van der Waals surface area contributed by atoms with E-state index in [1.54, 1.807) is 18.9 Å². The molecule has 6 aromatic rings. The molecule has 10 nitrogen and oxygen atoms in total. The Morgan fingerprint density at radius 1 is 0.762 bits per heavy atom. The summed E-state index contributed by atoms with van der Waals surface area (Å²) in [5.41, 5.74) is 12.3. The first-order chi connectivity index (χ1) is 20.6. The van der Waals surface area contributed by atoms with Gasteiger partial charge in [0, 0.05) is 55.2 Å². The van der Waals surface area contributed by atoms with E-state index in [9.17, 15) is 0 Å². The number of benzene rings is 2. The van der Waals surface area contributed by atoms with Crippen LogP contribution in [-0.2, 0) is 6.54 Å². The Balaban J connectivity index is 1.21. The number of imidazole rings is 1. The molecule has 2 N–H and O–H groups in total. The van der Waals surface area contributed by atoms with Gasteiger partial charge in [-0.15, -0.1) is 0 Å². The summed E-state index contributed by atoms with van der Waals surface area (Å²) in [6.45, 7) is 4.46. The average molecular weight is 575 g/mol. The van der Waals surface area contributed by atoms with Gasteiger partial charge in [0.15, 0.2) is 11.5 Å². The molecule has 5 heterocycles. The maximum absolute atomic E-state index is 6.52. The van der Waals surface area contributed by atoms with Gasteiger partial charge in [0.2, 0.25) is 5.95 Å². The highest BCUT2D eigenvalue weighted by molar-refractivity contribution is 6.33. The van der Waals surface area contributed by atoms with E-state index in [1.165, 1.54) is 5.56 Å². The second kappa shape index (κ2) is 11.2. The van der Waals surface area contributed by atoms with E-state index in [-0.39, 0.29) is 0 Å². The molecule has 0 atom stereocenters. The van der Waals surface area contributed by atoms with E-state index >= 15 is 0 Å². The molecular weight excluding hydrogens is 548 g/mol. The number of pyridine rings is 2. The van der Waals surface area contributed by atoms with Crippen LogP contribution < -0.4 is 10.6 Å². The highest BCUT2D eigenvalue weighted by Crippen LogP contribution is 2.33. The molecule has 2 aromatic carbocycles. The third-order valence-electron chi connectivity index (χ3n) is 7.47. The zero-order valence-corrected chi connectivity index (χ0v) is 23.4. The van der Waals surface area contributed by atoms with Crippen LogP contribution in [0.5, 0.6) is 0 Å². The summed E-state index contributed by atoms with van der Waals surface area (Å²) in [7, 11) is 0. The molecule has 4 aromatic heterocycles. The third kappa shape index (κ3) is 5.02. The lowest BCUT2D eigenvalue weighted by atomic mass is 10.1. The van der Waals surface area contributed by atoms with E-state index in [0.717, 1.165) is 66.7 Å². The minimum Gasteiger partial charge on any atom is -0.383 e. The molecule has 1 aliphatic rings. The second-order valence-corrected chi connectivity index (χ2v) is 10.5. The lowest BCUT2D eigenvalue weighted by Gasteiger charge is -2.34. The number of nitrogens with two attached hydrogens (primary N) is 1. The molecule has 7 rings (SSSR count). The van der Waals surface area contributed by atoms with Gasteiger partial charge >= 0.3 is 0 Å². The Hall–Kier alpha value is -4.93. The van der Waals surface area contributed by atoms with E-state index in [4.69, 9.17) is 27.3 Å². The largest absolute Gasteiger partial charge is 0.383 e. The molecule has 1 saturated heterocycles. The summed E-state index contributed by atoms with van der Waals surface area (Å²) >= 11 is 6.52. The maximum atomic E-state index is 6.52. The number of nitrogen functional groups attached to an aromatic ring is 1. The molecule has 0 bridgehead atoms. The summed E-state index contributed by atoms with van der Waals surface area (Å²) in [5.74, 6) is 1.83. The first kappa shape index (κ1) is 26.0. The molecule has 0 unspecified atom stereocenters. The highest BCUT2D eigenvalue weighted by Gasteiger charge is 2.21. The van der Waals surface area contributed by atoms with Gasteiger partial charge in [-0.3, -0.25) is 9.47 Å².